The number of halogens is 1. The molecule has 2 aromatic heterocycles. The molecule has 98 valence electrons. The van der Waals surface area contributed by atoms with E-state index < -0.39 is 4.92 Å². The highest BCUT2D eigenvalue weighted by molar-refractivity contribution is 6.35. The zero-order chi connectivity index (χ0) is 14.1. The van der Waals surface area contributed by atoms with Gasteiger partial charge in [-0.1, -0.05) is 17.7 Å². The Hall–Kier alpha value is -2.67. The number of aromatic nitrogens is 4. The minimum Gasteiger partial charge on any atom is -0.261 e. The van der Waals surface area contributed by atoms with E-state index in [1.165, 1.54) is 24.7 Å². The average molecular weight is 288 g/mol. The molecule has 0 fully saturated rings. The average Bonchev–Trinajstić information content (AvgIpc) is 2.47. The van der Waals surface area contributed by atoms with E-state index in [4.69, 9.17) is 11.6 Å². The summed E-state index contributed by atoms with van der Waals surface area (Å²) in [6.07, 6.45) is 4.52. The van der Waals surface area contributed by atoms with Gasteiger partial charge in [-0.05, 0) is 6.07 Å². The summed E-state index contributed by atoms with van der Waals surface area (Å²) >= 11 is 6.06. The van der Waals surface area contributed by atoms with Crippen molar-refractivity contribution in [3.63, 3.8) is 0 Å². The molecular weight excluding hydrogens is 282 g/mol. The number of non-ortho nitro benzene ring substituents is 1. The van der Waals surface area contributed by atoms with Crippen molar-refractivity contribution in [3.05, 3.63) is 52.1 Å². The number of fused-ring (bicyclic) bond motifs is 1. The highest BCUT2D eigenvalue weighted by Gasteiger charge is 2.18. The second kappa shape index (κ2) is 4.78. The molecule has 3 aromatic rings. The minimum atomic E-state index is -0.514. The van der Waals surface area contributed by atoms with Gasteiger partial charge in [0.1, 0.15) is 16.2 Å². The van der Waals surface area contributed by atoms with Crippen LogP contribution in [-0.4, -0.2) is 24.9 Å². The van der Waals surface area contributed by atoms with Gasteiger partial charge in [-0.15, -0.1) is 0 Å². The minimum absolute atomic E-state index is 0.0166. The molecule has 0 amide bonds. The summed E-state index contributed by atoms with van der Waals surface area (Å²) in [4.78, 5) is 26.8. The van der Waals surface area contributed by atoms with Gasteiger partial charge in [-0.25, -0.2) is 15.0 Å². The van der Waals surface area contributed by atoms with Crippen molar-refractivity contribution in [1.29, 1.82) is 0 Å². The van der Waals surface area contributed by atoms with Crippen LogP contribution in [0.15, 0.2) is 36.8 Å². The van der Waals surface area contributed by atoms with Crippen molar-refractivity contribution >= 4 is 28.2 Å². The lowest BCUT2D eigenvalue weighted by Gasteiger charge is -2.04. The fourth-order valence-corrected chi connectivity index (χ4v) is 2.08. The molecule has 0 saturated heterocycles. The fraction of sp³-hybridized carbons (Fsp3) is 0. The largest absolute Gasteiger partial charge is 0.281 e. The Morgan fingerprint density at radius 2 is 2.05 bits per heavy atom. The Morgan fingerprint density at radius 3 is 2.75 bits per heavy atom. The number of nitro groups is 1. The lowest BCUT2D eigenvalue weighted by Crippen LogP contribution is -1.97. The molecule has 7 nitrogen and oxygen atoms in total. The number of hydrogen-bond acceptors (Lipinski definition) is 6. The Morgan fingerprint density at radius 1 is 1.20 bits per heavy atom. The van der Waals surface area contributed by atoms with Crippen LogP contribution >= 0.6 is 11.6 Å². The van der Waals surface area contributed by atoms with E-state index in [0.717, 1.165) is 0 Å². The van der Waals surface area contributed by atoms with E-state index >= 15 is 0 Å². The van der Waals surface area contributed by atoms with Gasteiger partial charge in [0.2, 0.25) is 0 Å². The molecule has 2 heterocycles. The lowest BCUT2D eigenvalue weighted by molar-refractivity contribution is -0.383. The smallest absolute Gasteiger partial charge is 0.261 e. The molecule has 0 aliphatic heterocycles. The maximum atomic E-state index is 11.0. The first-order valence-corrected chi connectivity index (χ1v) is 5.91. The van der Waals surface area contributed by atoms with Crippen LogP contribution in [0.1, 0.15) is 0 Å². The molecule has 0 radical (unpaired) electrons. The lowest BCUT2D eigenvalue weighted by atomic mass is 10.2. The maximum absolute atomic E-state index is 11.0. The predicted octanol–water partition coefficient (Wildman–Crippen LogP) is 2.65. The summed E-state index contributed by atoms with van der Waals surface area (Å²) < 4.78 is 0. The standard InChI is InChI=1S/C12H6ClN5O2/c13-11-10-7(2-1-3-9(10)18(19)20)16-12(17-11)8-6-14-4-5-15-8/h1-6H. The van der Waals surface area contributed by atoms with Crippen LogP contribution in [0.25, 0.3) is 22.4 Å². The molecule has 0 spiro atoms. The van der Waals surface area contributed by atoms with Crippen molar-refractivity contribution in [2.24, 2.45) is 0 Å². The quantitative estimate of drug-likeness (QED) is 0.408. The van der Waals surface area contributed by atoms with E-state index in [2.05, 4.69) is 19.9 Å². The molecule has 0 unspecified atom stereocenters. The molecule has 20 heavy (non-hydrogen) atoms. The van der Waals surface area contributed by atoms with E-state index in [1.54, 1.807) is 12.1 Å². The molecule has 8 heteroatoms. The molecule has 0 atom stereocenters. The second-order valence-corrected chi connectivity index (χ2v) is 4.22. The molecule has 0 N–H and O–H groups in total. The third-order valence-electron chi connectivity index (χ3n) is 2.65. The van der Waals surface area contributed by atoms with Crippen molar-refractivity contribution in [2.75, 3.05) is 0 Å². The van der Waals surface area contributed by atoms with E-state index in [0.29, 0.717) is 11.2 Å². The maximum Gasteiger partial charge on any atom is 0.281 e. The Labute approximate surface area is 117 Å². The fourth-order valence-electron chi connectivity index (χ4n) is 1.80. The van der Waals surface area contributed by atoms with Gasteiger partial charge >= 0.3 is 0 Å². The number of nitro benzene ring substituents is 1. The van der Waals surface area contributed by atoms with Gasteiger partial charge in [0.25, 0.3) is 5.69 Å². The number of hydrogen-bond donors (Lipinski definition) is 0. The van der Waals surface area contributed by atoms with Crippen LogP contribution in [0, 0.1) is 10.1 Å². The Balaban J connectivity index is 2.29. The van der Waals surface area contributed by atoms with Gasteiger partial charge < -0.3 is 0 Å². The predicted molar refractivity (Wildman–Crippen MR) is 72.2 cm³/mol. The molecule has 0 bridgehead atoms. The van der Waals surface area contributed by atoms with Crippen molar-refractivity contribution in [3.8, 4) is 11.5 Å². The summed E-state index contributed by atoms with van der Waals surface area (Å²) in [5, 5.41) is 11.2. The van der Waals surface area contributed by atoms with Gasteiger partial charge in [0, 0.05) is 18.5 Å². The summed E-state index contributed by atoms with van der Waals surface area (Å²) in [7, 11) is 0. The summed E-state index contributed by atoms with van der Waals surface area (Å²) in [5.74, 6) is 0.274. The molecule has 3 rings (SSSR count). The van der Waals surface area contributed by atoms with Crippen LogP contribution in [0.5, 0.6) is 0 Å². The first-order valence-electron chi connectivity index (χ1n) is 5.54. The third kappa shape index (κ3) is 2.04. The van der Waals surface area contributed by atoms with Crippen molar-refractivity contribution in [2.45, 2.75) is 0 Å². The highest BCUT2D eigenvalue weighted by Crippen LogP contribution is 2.31. The Kier molecular flexibility index (Phi) is 2.96. The molecule has 0 aliphatic rings. The topological polar surface area (TPSA) is 94.7 Å². The normalized spacial score (nSPS) is 10.7. The highest BCUT2D eigenvalue weighted by atomic mass is 35.5. The summed E-state index contributed by atoms with van der Waals surface area (Å²) in [6.45, 7) is 0. The Bertz CT molecular complexity index is 810. The monoisotopic (exact) mass is 287 g/mol. The molecular formula is C12H6ClN5O2. The van der Waals surface area contributed by atoms with Crippen LogP contribution in [-0.2, 0) is 0 Å². The van der Waals surface area contributed by atoms with Crippen LogP contribution < -0.4 is 0 Å². The number of benzene rings is 1. The summed E-state index contributed by atoms with van der Waals surface area (Å²) in [6, 6.07) is 4.54. The third-order valence-corrected chi connectivity index (χ3v) is 2.92. The van der Waals surface area contributed by atoms with Crippen LogP contribution in [0.4, 0.5) is 5.69 Å². The first kappa shape index (κ1) is 12.4. The van der Waals surface area contributed by atoms with Gasteiger partial charge in [0.15, 0.2) is 5.82 Å². The van der Waals surface area contributed by atoms with Gasteiger partial charge in [-0.3, -0.25) is 15.1 Å². The molecule has 0 saturated carbocycles. The van der Waals surface area contributed by atoms with Gasteiger partial charge in [0.05, 0.1) is 16.6 Å². The SMILES string of the molecule is O=[N+]([O-])c1cccc2nc(-c3cnccn3)nc(Cl)c12. The van der Waals surface area contributed by atoms with E-state index in [-0.39, 0.29) is 22.1 Å². The molecule has 1 aromatic carbocycles. The zero-order valence-electron chi connectivity index (χ0n) is 9.89. The van der Waals surface area contributed by atoms with E-state index in [1.807, 2.05) is 0 Å². The van der Waals surface area contributed by atoms with Gasteiger partial charge in [-0.2, -0.15) is 0 Å². The summed E-state index contributed by atoms with van der Waals surface area (Å²) in [5.41, 5.74) is 0.709. The van der Waals surface area contributed by atoms with Crippen LogP contribution in [0.3, 0.4) is 0 Å². The second-order valence-electron chi connectivity index (χ2n) is 3.86. The first-order chi connectivity index (χ1) is 9.66. The van der Waals surface area contributed by atoms with Crippen molar-refractivity contribution in [1.82, 2.24) is 19.9 Å². The van der Waals surface area contributed by atoms with E-state index in [9.17, 15) is 10.1 Å². The van der Waals surface area contributed by atoms with Crippen LogP contribution in [0.2, 0.25) is 5.15 Å². The number of rotatable bonds is 2. The number of nitrogens with zero attached hydrogens (tertiary/aromatic N) is 5. The zero-order valence-corrected chi connectivity index (χ0v) is 10.7. The molecule has 0 aliphatic carbocycles. The van der Waals surface area contributed by atoms with Crippen molar-refractivity contribution < 1.29 is 4.92 Å².